The molecule has 1 amide bonds. The number of nitrogens with zero attached hydrogens (tertiary/aromatic N) is 2. The van der Waals surface area contributed by atoms with Gasteiger partial charge in [-0.2, -0.15) is 0 Å². The Morgan fingerprint density at radius 3 is 2.85 bits per heavy atom. The number of hydrogen-bond acceptors (Lipinski definition) is 3. The zero-order chi connectivity index (χ0) is 14.2. The third-order valence-corrected chi connectivity index (χ3v) is 3.07. The third-order valence-electron chi connectivity index (χ3n) is 3.07. The van der Waals surface area contributed by atoms with E-state index < -0.39 is 0 Å². The third kappa shape index (κ3) is 4.20. The van der Waals surface area contributed by atoms with E-state index >= 15 is 0 Å². The topological polar surface area (TPSA) is 59.0 Å². The van der Waals surface area contributed by atoms with Crippen molar-refractivity contribution in [3.63, 3.8) is 0 Å². The van der Waals surface area contributed by atoms with Gasteiger partial charge in [-0.05, 0) is 19.0 Å². The highest BCUT2D eigenvalue weighted by molar-refractivity contribution is 5.77. The molecule has 5 nitrogen and oxygen atoms in total. The van der Waals surface area contributed by atoms with Crippen LogP contribution in [-0.4, -0.2) is 29.1 Å². The van der Waals surface area contributed by atoms with Gasteiger partial charge in [0.15, 0.2) is 0 Å². The van der Waals surface area contributed by atoms with Crippen LogP contribution in [0.4, 0.5) is 0 Å². The maximum absolute atomic E-state index is 11.4. The number of likely N-dealkylation sites (N-methyl/N-ethyl adjacent to an activating group) is 1. The number of carbonyl (C=O) groups excluding carboxylic acids is 1. The molecular weight excluding hydrogens is 252 g/mol. The highest BCUT2D eigenvalue weighted by Crippen LogP contribution is 2.04. The molecule has 0 spiro atoms. The van der Waals surface area contributed by atoms with E-state index in [9.17, 15) is 4.79 Å². The van der Waals surface area contributed by atoms with E-state index in [1.807, 2.05) is 24.4 Å². The van der Waals surface area contributed by atoms with Gasteiger partial charge < -0.3 is 15.2 Å². The zero-order valence-electron chi connectivity index (χ0n) is 11.7. The standard InChI is InChI=1S/C15H20N4O/c1-16-12-15(20)18-11-14-17-8-10-19(14)9-7-13-5-3-2-4-6-13/h2-6,8,10,16H,7,9,11-12H2,1H3,(H,18,20). The van der Waals surface area contributed by atoms with Crippen molar-refractivity contribution in [3.05, 3.63) is 54.1 Å². The molecule has 0 saturated heterocycles. The molecule has 1 heterocycles. The van der Waals surface area contributed by atoms with Crippen LogP contribution in [0.25, 0.3) is 0 Å². The van der Waals surface area contributed by atoms with Crippen molar-refractivity contribution in [3.8, 4) is 0 Å². The summed E-state index contributed by atoms with van der Waals surface area (Å²) in [5.41, 5.74) is 1.30. The lowest BCUT2D eigenvalue weighted by Crippen LogP contribution is -2.32. The number of aryl methyl sites for hydroxylation is 2. The fourth-order valence-electron chi connectivity index (χ4n) is 2.01. The molecule has 0 bridgehead atoms. The molecule has 0 fully saturated rings. The molecule has 106 valence electrons. The number of aromatic nitrogens is 2. The van der Waals surface area contributed by atoms with Gasteiger partial charge in [0, 0.05) is 18.9 Å². The highest BCUT2D eigenvalue weighted by Gasteiger charge is 2.05. The summed E-state index contributed by atoms with van der Waals surface area (Å²) in [5.74, 6) is 0.857. The Balaban J connectivity index is 1.87. The molecule has 0 saturated carbocycles. The van der Waals surface area contributed by atoms with E-state index in [-0.39, 0.29) is 5.91 Å². The van der Waals surface area contributed by atoms with Gasteiger partial charge in [0.2, 0.25) is 5.91 Å². The Morgan fingerprint density at radius 1 is 1.30 bits per heavy atom. The van der Waals surface area contributed by atoms with Crippen molar-refractivity contribution in [2.75, 3.05) is 13.6 Å². The SMILES string of the molecule is CNCC(=O)NCc1nccn1CCc1ccccc1. The van der Waals surface area contributed by atoms with Crippen molar-refractivity contribution in [2.45, 2.75) is 19.5 Å². The molecule has 2 N–H and O–H groups in total. The van der Waals surface area contributed by atoms with Crippen LogP contribution in [-0.2, 0) is 24.3 Å². The van der Waals surface area contributed by atoms with Gasteiger partial charge in [-0.25, -0.2) is 4.98 Å². The second-order valence-electron chi connectivity index (χ2n) is 4.58. The summed E-state index contributed by atoms with van der Waals surface area (Å²) in [7, 11) is 1.75. The van der Waals surface area contributed by atoms with E-state index in [4.69, 9.17) is 0 Å². The predicted octanol–water partition coefficient (Wildman–Crippen LogP) is 0.961. The minimum absolute atomic E-state index is 0.0230. The highest BCUT2D eigenvalue weighted by atomic mass is 16.1. The Hall–Kier alpha value is -2.14. The quantitative estimate of drug-likeness (QED) is 0.789. The van der Waals surface area contributed by atoms with Crippen molar-refractivity contribution in [2.24, 2.45) is 0 Å². The van der Waals surface area contributed by atoms with Crippen LogP contribution in [0.15, 0.2) is 42.7 Å². The van der Waals surface area contributed by atoms with E-state index in [2.05, 4.69) is 32.3 Å². The molecule has 5 heteroatoms. The number of amides is 1. The number of carbonyl (C=O) groups is 1. The van der Waals surface area contributed by atoms with Crippen LogP contribution in [0.2, 0.25) is 0 Å². The summed E-state index contributed by atoms with van der Waals surface area (Å²) in [6.45, 7) is 1.65. The van der Waals surface area contributed by atoms with Crippen LogP contribution < -0.4 is 10.6 Å². The minimum atomic E-state index is -0.0230. The van der Waals surface area contributed by atoms with Crippen molar-refractivity contribution in [1.29, 1.82) is 0 Å². The first kappa shape index (κ1) is 14.3. The Morgan fingerprint density at radius 2 is 2.10 bits per heavy atom. The first-order valence-corrected chi connectivity index (χ1v) is 6.75. The summed E-state index contributed by atoms with van der Waals surface area (Å²) < 4.78 is 2.08. The van der Waals surface area contributed by atoms with E-state index in [0.29, 0.717) is 13.1 Å². The number of imidazole rings is 1. The van der Waals surface area contributed by atoms with E-state index in [1.165, 1.54) is 5.56 Å². The van der Waals surface area contributed by atoms with Crippen LogP contribution in [0.3, 0.4) is 0 Å². The molecule has 0 atom stereocenters. The van der Waals surface area contributed by atoms with Gasteiger partial charge >= 0.3 is 0 Å². The normalized spacial score (nSPS) is 10.4. The minimum Gasteiger partial charge on any atom is -0.348 e. The van der Waals surface area contributed by atoms with Gasteiger partial charge in [0.25, 0.3) is 0 Å². The number of benzene rings is 1. The zero-order valence-corrected chi connectivity index (χ0v) is 11.7. The summed E-state index contributed by atoms with van der Waals surface area (Å²) in [5, 5.41) is 5.66. The summed E-state index contributed by atoms with van der Waals surface area (Å²) in [6, 6.07) is 10.3. The lowest BCUT2D eigenvalue weighted by Gasteiger charge is -2.09. The van der Waals surface area contributed by atoms with Crippen molar-refractivity contribution in [1.82, 2.24) is 20.2 Å². The molecule has 0 aliphatic rings. The number of hydrogen-bond donors (Lipinski definition) is 2. The summed E-state index contributed by atoms with van der Waals surface area (Å²) >= 11 is 0. The fourth-order valence-corrected chi connectivity index (χ4v) is 2.01. The first-order chi connectivity index (χ1) is 9.79. The van der Waals surface area contributed by atoms with Crippen LogP contribution in [0, 0.1) is 0 Å². The van der Waals surface area contributed by atoms with Crippen LogP contribution in [0.5, 0.6) is 0 Å². The Bertz CT molecular complexity index is 536. The monoisotopic (exact) mass is 272 g/mol. The maximum atomic E-state index is 11.4. The predicted molar refractivity (Wildman–Crippen MR) is 78.1 cm³/mol. The van der Waals surface area contributed by atoms with Gasteiger partial charge in [0.1, 0.15) is 5.82 Å². The largest absolute Gasteiger partial charge is 0.348 e. The maximum Gasteiger partial charge on any atom is 0.234 e. The average molecular weight is 272 g/mol. The molecule has 0 unspecified atom stereocenters. The molecular formula is C15H20N4O. The van der Waals surface area contributed by atoms with E-state index in [1.54, 1.807) is 13.2 Å². The molecule has 0 radical (unpaired) electrons. The van der Waals surface area contributed by atoms with Gasteiger partial charge in [0.05, 0.1) is 13.1 Å². The first-order valence-electron chi connectivity index (χ1n) is 6.75. The second-order valence-corrected chi connectivity index (χ2v) is 4.58. The van der Waals surface area contributed by atoms with Crippen molar-refractivity contribution < 1.29 is 4.79 Å². The van der Waals surface area contributed by atoms with Crippen molar-refractivity contribution >= 4 is 5.91 Å². The Kier molecular flexibility index (Phi) is 5.32. The molecule has 1 aromatic heterocycles. The van der Waals surface area contributed by atoms with Gasteiger partial charge in [-0.1, -0.05) is 30.3 Å². The molecule has 20 heavy (non-hydrogen) atoms. The second kappa shape index (κ2) is 7.45. The lowest BCUT2D eigenvalue weighted by molar-refractivity contribution is -0.120. The van der Waals surface area contributed by atoms with Gasteiger partial charge in [-0.3, -0.25) is 4.79 Å². The van der Waals surface area contributed by atoms with Crippen LogP contribution in [0.1, 0.15) is 11.4 Å². The number of nitrogens with one attached hydrogen (secondary N) is 2. The Labute approximate surface area is 119 Å². The fraction of sp³-hybridized carbons (Fsp3) is 0.333. The molecule has 0 aliphatic heterocycles. The lowest BCUT2D eigenvalue weighted by atomic mass is 10.1. The summed E-state index contributed by atoms with van der Waals surface area (Å²) in [6.07, 6.45) is 4.67. The molecule has 2 aromatic rings. The van der Waals surface area contributed by atoms with Crippen LogP contribution >= 0.6 is 0 Å². The smallest absolute Gasteiger partial charge is 0.234 e. The summed E-state index contributed by atoms with van der Waals surface area (Å²) in [4.78, 5) is 15.7. The average Bonchev–Trinajstić information content (AvgIpc) is 2.92. The molecule has 2 rings (SSSR count). The molecule has 0 aliphatic carbocycles. The molecule has 1 aromatic carbocycles. The number of rotatable bonds is 7. The van der Waals surface area contributed by atoms with E-state index in [0.717, 1.165) is 18.8 Å². The van der Waals surface area contributed by atoms with Gasteiger partial charge in [-0.15, -0.1) is 0 Å².